The van der Waals surface area contributed by atoms with Gasteiger partial charge in [0, 0.05) is 20.0 Å². The normalized spacial score (nSPS) is 16.5. The van der Waals surface area contributed by atoms with Gasteiger partial charge in [-0.15, -0.1) is 0 Å². The van der Waals surface area contributed by atoms with E-state index in [9.17, 15) is 4.79 Å². The maximum atomic E-state index is 12.0. The number of piperidine rings is 1. The molecule has 0 N–H and O–H groups in total. The van der Waals surface area contributed by atoms with Crippen molar-refractivity contribution in [3.8, 4) is 0 Å². The molecule has 0 unspecified atom stereocenters. The van der Waals surface area contributed by atoms with E-state index < -0.39 is 0 Å². The second-order valence-electron chi connectivity index (χ2n) is 4.36. The Kier molecular flexibility index (Phi) is 3.27. The standard InChI is InChI=1S/C12H18N2O2/c1-9-11(16-10(2)13-9)8-12(15)14-6-4-3-5-7-14/h3-8H2,1-2H3. The molecule has 2 rings (SSSR count). The summed E-state index contributed by atoms with van der Waals surface area (Å²) < 4.78 is 5.42. The maximum absolute atomic E-state index is 12.0. The highest BCUT2D eigenvalue weighted by molar-refractivity contribution is 5.78. The van der Waals surface area contributed by atoms with Crippen molar-refractivity contribution in [2.24, 2.45) is 0 Å². The molecule has 16 heavy (non-hydrogen) atoms. The van der Waals surface area contributed by atoms with E-state index in [1.54, 1.807) is 0 Å². The zero-order valence-corrected chi connectivity index (χ0v) is 9.95. The fourth-order valence-electron chi connectivity index (χ4n) is 2.13. The van der Waals surface area contributed by atoms with Gasteiger partial charge in [0.15, 0.2) is 5.89 Å². The molecule has 0 aromatic carbocycles. The molecule has 1 amide bonds. The van der Waals surface area contributed by atoms with Crippen molar-refractivity contribution in [3.05, 3.63) is 17.3 Å². The molecule has 0 saturated carbocycles. The molecule has 1 aliphatic rings. The smallest absolute Gasteiger partial charge is 0.230 e. The van der Waals surface area contributed by atoms with E-state index in [4.69, 9.17) is 4.42 Å². The molecule has 2 heterocycles. The molecule has 0 aliphatic carbocycles. The number of aromatic nitrogens is 1. The second kappa shape index (κ2) is 4.68. The van der Waals surface area contributed by atoms with Crippen LogP contribution in [-0.2, 0) is 11.2 Å². The van der Waals surface area contributed by atoms with Crippen LogP contribution < -0.4 is 0 Å². The minimum Gasteiger partial charge on any atom is -0.445 e. The van der Waals surface area contributed by atoms with Gasteiger partial charge in [0.25, 0.3) is 0 Å². The average Bonchev–Trinajstić information content (AvgIpc) is 2.59. The Morgan fingerprint density at radius 3 is 2.56 bits per heavy atom. The van der Waals surface area contributed by atoms with E-state index >= 15 is 0 Å². The maximum Gasteiger partial charge on any atom is 0.230 e. The van der Waals surface area contributed by atoms with Crippen LogP contribution in [0.2, 0.25) is 0 Å². The van der Waals surface area contributed by atoms with Crippen molar-refractivity contribution in [2.75, 3.05) is 13.1 Å². The second-order valence-corrected chi connectivity index (χ2v) is 4.36. The SMILES string of the molecule is Cc1nc(C)c(CC(=O)N2CCCCC2)o1. The number of rotatable bonds is 2. The summed E-state index contributed by atoms with van der Waals surface area (Å²) >= 11 is 0. The Labute approximate surface area is 95.6 Å². The average molecular weight is 222 g/mol. The quantitative estimate of drug-likeness (QED) is 0.767. The molecule has 1 saturated heterocycles. The van der Waals surface area contributed by atoms with Crippen LogP contribution in [-0.4, -0.2) is 28.9 Å². The van der Waals surface area contributed by atoms with Gasteiger partial charge in [0.1, 0.15) is 5.76 Å². The van der Waals surface area contributed by atoms with Gasteiger partial charge in [-0.3, -0.25) is 4.79 Å². The Hall–Kier alpha value is -1.32. The molecule has 0 bridgehead atoms. The third kappa shape index (κ3) is 2.43. The number of carbonyl (C=O) groups excluding carboxylic acids is 1. The Morgan fingerprint density at radius 2 is 2.00 bits per heavy atom. The number of likely N-dealkylation sites (tertiary alicyclic amines) is 1. The number of hydrogen-bond donors (Lipinski definition) is 0. The molecule has 0 spiro atoms. The highest BCUT2D eigenvalue weighted by atomic mass is 16.4. The molecule has 4 nitrogen and oxygen atoms in total. The van der Waals surface area contributed by atoms with Crippen LogP contribution in [0.15, 0.2) is 4.42 Å². The first-order chi connectivity index (χ1) is 7.66. The summed E-state index contributed by atoms with van der Waals surface area (Å²) in [6.07, 6.45) is 3.84. The molecule has 1 aliphatic heterocycles. The zero-order valence-electron chi connectivity index (χ0n) is 9.95. The van der Waals surface area contributed by atoms with Crippen molar-refractivity contribution in [3.63, 3.8) is 0 Å². The Morgan fingerprint density at radius 1 is 1.31 bits per heavy atom. The Bertz CT molecular complexity index is 378. The van der Waals surface area contributed by atoms with Crippen LogP contribution in [0.5, 0.6) is 0 Å². The summed E-state index contributed by atoms with van der Waals surface area (Å²) in [5.41, 5.74) is 0.836. The number of nitrogens with zero attached hydrogens (tertiary/aromatic N) is 2. The minimum absolute atomic E-state index is 0.166. The molecule has 0 radical (unpaired) electrons. The van der Waals surface area contributed by atoms with Gasteiger partial charge < -0.3 is 9.32 Å². The van der Waals surface area contributed by atoms with E-state index in [0.29, 0.717) is 18.1 Å². The predicted octanol–water partition coefficient (Wildman–Crippen LogP) is 1.85. The molecule has 1 aromatic rings. The van der Waals surface area contributed by atoms with Gasteiger partial charge in [-0.1, -0.05) is 0 Å². The fourth-order valence-corrected chi connectivity index (χ4v) is 2.13. The summed E-state index contributed by atoms with van der Waals surface area (Å²) in [7, 11) is 0. The minimum atomic E-state index is 0.166. The van der Waals surface area contributed by atoms with Crippen LogP contribution in [0, 0.1) is 13.8 Å². The van der Waals surface area contributed by atoms with Crippen LogP contribution >= 0.6 is 0 Å². The molecule has 88 valence electrons. The largest absolute Gasteiger partial charge is 0.445 e. The highest BCUT2D eigenvalue weighted by Gasteiger charge is 2.19. The first-order valence-corrected chi connectivity index (χ1v) is 5.87. The summed E-state index contributed by atoms with van der Waals surface area (Å²) in [4.78, 5) is 18.1. The fraction of sp³-hybridized carbons (Fsp3) is 0.667. The topological polar surface area (TPSA) is 46.3 Å². The van der Waals surface area contributed by atoms with Crippen LogP contribution in [0.25, 0.3) is 0 Å². The molecule has 1 aromatic heterocycles. The van der Waals surface area contributed by atoms with Gasteiger partial charge in [0.05, 0.1) is 12.1 Å². The molecule has 4 heteroatoms. The van der Waals surface area contributed by atoms with Crippen molar-refractivity contribution < 1.29 is 9.21 Å². The van der Waals surface area contributed by atoms with E-state index in [1.807, 2.05) is 18.7 Å². The van der Waals surface area contributed by atoms with Crippen LogP contribution in [0.1, 0.15) is 36.6 Å². The van der Waals surface area contributed by atoms with Gasteiger partial charge in [0.2, 0.25) is 5.91 Å². The predicted molar refractivity (Wildman–Crippen MR) is 60.1 cm³/mol. The zero-order chi connectivity index (χ0) is 11.5. The number of carbonyl (C=O) groups is 1. The van der Waals surface area contributed by atoms with Crippen LogP contribution in [0.4, 0.5) is 0 Å². The molecule has 0 atom stereocenters. The van der Waals surface area contributed by atoms with Crippen molar-refractivity contribution >= 4 is 5.91 Å². The van der Waals surface area contributed by atoms with Gasteiger partial charge in [-0.2, -0.15) is 0 Å². The molecular formula is C12H18N2O2. The summed E-state index contributed by atoms with van der Waals surface area (Å²) in [6, 6.07) is 0. The number of aryl methyl sites for hydroxylation is 2. The monoisotopic (exact) mass is 222 g/mol. The van der Waals surface area contributed by atoms with Crippen molar-refractivity contribution in [2.45, 2.75) is 39.5 Å². The van der Waals surface area contributed by atoms with Crippen molar-refractivity contribution in [1.82, 2.24) is 9.88 Å². The van der Waals surface area contributed by atoms with E-state index in [2.05, 4.69) is 4.98 Å². The Balaban J connectivity index is 1.98. The summed E-state index contributed by atoms with van der Waals surface area (Å²) in [5, 5.41) is 0. The number of amides is 1. The van der Waals surface area contributed by atoms with E-state index in [0.717, 1.165) is 31.6 Å². The van der Waals surface area contributed by atoms with E-state index in [1.165, 1.54) is 6.42 Å². The van der Waals surface area contributed by atoms with Gasteiger partial charge >= 0.3 is 0 Å². The number of hydrogen-bond acceptors (Lipinski definition) is 3. The highest BCUT2D eigenvalue weighted by Crippen LogP contribution is 2.14. The van der Waals surface area contributed by atoms with Gasteiger partial charge in [-0.25, -0.2) is 4.98 Å². The summed E-state index contributed by atoms with van der Waals surface area (Å²) in [5.74, 6) is 1.52. The first kappa shape index (κ1) is 11.2. The lowest BCUT2D eigenvalue weighted by molar-refractivity contribution is -0.131. The lowest BCUT2D eigenvalue weighted by Gasteiger charge is -2.26. The molecule has 1 fully saturated rings. The molecular weight excluding hydrogens is 204 g/mol. The third-order valence-corrected chi connectivity index (χ3v) is 3.02. The van der Waals surface area contributed by atoms with Gasteiger partial charge in [-0.05, 0) is 26.2 Å². The van der Waals surface area contributed by atoms with Crippen LogP contribution in [0.3, 0.4) is 0 Å². The number of oxazole rings is 1. The van der Waals surface area contributed by atoms with Crippen molar-refractivity contribution in [1.29, 1.82) is 0 Å². The summed E-state index contributed by atoms with van der Waals surface area (Å²) in [6.45, 7) is 5.48. The third-order valence-electron chi connectivity index (χ3n) is 3.02. The lowest BCUT2D eigenvalue weighted by atomic mass is 10.1. The lowest BCUT2D eigenvalue weighted by Crippen LogP contribution is -2.36. The van der Waals surface area contributed by atoms with E-state index in [-0.39, 0.29) is 5.91 Å². The first-order valence-electron chi connectivity index (χ1n) is 5.87.